The van der Waals surface area contributed by atoms with Gasteiger partial charge in [0.25, 0.3) is 0 Å². The number of para-hydroxylation sites is 1. The van der Waals surface area contributed by atoms with Gasteiger partial charge >= 0.3 is 5.97 Å². The van der Waals surface area contributed by atoms with Gasteiger partial charge in [-0.3, -0.25) is 4.79 Å². The molecule has 0 saturated carbocycles. The van der Waals surface area contributed by atoms with E-state index < -0.39 is 12.0 Å². The number of amides is 1. The van der Waals surface area contributed by atoms with Crippen molar-refractivity contribution in [2.75, 3.05) is 39.8 Å². The molecule has 0 bridgehead atoms. The van der Waals surface area contributed by atoms with E-state index in [4.69, 9.17) is 4.74 Å². The topological polar surface area (TPSA) is 107 Å². The highest BCUT2D eigenvalue weighted by Crippen LogP contribution is 2.34. The molecular weight excluding hydrogens is 484 g/mol. The van der Waals surface area contributed by atoms with Crippen molar-refractivity contribution in [3.05, 3.63) is 65.4 Å². The summed E-state index contributed by atoms with van der Waals surface area (Å²) in [7, 11) is 1.46. The highest BCUT2D eigenvalue weighted by Gasteiger charge is 2.36. The average Bonchev–Trinajstić information content (AvgIpc) is 3.25. The van der Waals surface area contributed by atoms with Gasteiger partial charge in [0, 0.05) is 61.8 Å². The van der Waals surface area contributed by atoms with E-state index in [1.165, 1.54) is 24.2 Å². The number of hydrogen-bond acceptors (Lipinski definition) is 6. The van der Waals surface area contributed by atoms with Gasteiger partial charge in [-0.25, -0.2) is 4.79 Å². The molecule has 1 saturated heterocycles. The zero-order chi connectivity index (χ0) is 26.6. The zero-order valence-electron chi connectivity index (χ0n) is 21.6. The van der Waals surface area contributed by atoms with Crippen LogP contribution in [0.15, 0.2) is 48.5 Å². The van der Waals surface area contributed by atoms with Crippen LogP contribution in [0.1, 0.15) is 23.2 Å². The number of nitrogens with zero attached hydrogens (tertiary/aromatic N) is 3. The van der Waals surface area contributed by atoms with Crippen molar-refractivity contribution in [3.8, 4) is 11.5 Å². The summed E-state index contributed by atoms with van der Waals surface area (Å²) in [5, 5.41) is 24.3. The molecule has 3 heterocycles. The number of phenolic OH excluding ortho intramolecular Hbond substituents is 1. The molecular formula is C29H34N4O5. The molecule has 200 valence electrons. The number of phenols is 1. The number of hydrogen-bond donors (Lipinski definition) is 3. The lowest BCUT2D eigenvalue weighted by Gasteiger charge is -2.33. The summed E-state index contributed by atoms with van der Waals surface area (Å²) in [6.45, 7) is 6.17. The van der Waals surface area contributed by atoms with Gasteiger partial charge in [-0.05, 0) is 48.4 Å². The average molecular weight is 519 g/mol. The summed E-state index contributed by atoms with van der Waals surface area (Å²) in [5.74, 6) is -1.07. The fraction of sp³-hybridized carbons (Fsp3) is 0.379. The lowest BCUT2D eigenvalue weighted by Crippen LogP contribution is -2.48. The van der Waals surface area contributed by atoms with Crippen LogP contribution in [0.25, 0.3) is 17.0 Å². The van der Waals surface area contributed by atoms with Crippen LogP contribution in [-0.4, -0.2) is 82.3 Å². The number of carbonyl (C=O) groups excluding carboxylic acids is 1. The minimum Gasteiger partial charge on any atom is -0.504 e. The summed E-state index contributed by atoms with van der Waals surface area (Å²) in [5.41, 5.74) is 3.78. The van der Waals surface area contributed by atoms with Crippen molar-refractivity contribution in [2.24, 2.45) is 0 Å². The van der Waals surface area contributed by atoms with Crippen LogP contribution in [0.4, 0.5) is 0 Å². The maximum atomic E-state index is 13.3. The number of carboxylic acids is 1. The summed E-state index contributed by atoms with van der Waals surface area (Å²) in [6.07, 6.45) is 4.25. The second kappa shape index (κ2) is 11.3. The quantitative estimate of drug-likeness (QED) is 0.394. The minimum absolute atomic E-state index is 0.00950. The number of rotatable bonds is 8. The van der Waals surface area contributed by atoms with Gasteiger partial charge < -0.3 is 34.6 Å². The summed E-state index contributed by atoms with van der Waals surface area (Å²) >= 11 is 0. The number of benzene rings is 2. The summed E-state index contributed by atoms with van der Waals surface area (Å²) in [6, 6.07) is 12.0. The normalized spacial score (nSPS) is 18.1. The number of ether oxygens (including phenoxy) is 1. The lowest BCUT2D eigenvalue weighted by molar-refractivity contribution is -0.149. The second-order valence-corrected chi connectivity index (χ2v) is 9.83. The fourth-order valence-electron chi connectivity index (χ4n) is 5.57. The molecule has 1 atom stereocenters. The third-order valence-corrected chi connectivity index (χ3v) is 7.54. The maximum Gasteiger partial charge on any atom is 0.326 e. The molecule has 0 aliphatic carbocycles. The van der Waals surface area contributed by atoms with Gasteiger partial charge in [0.1, 0.15) is 6.04 Å². The molecule has 1 fully saturated rings. The number of piperazine rings is 1. The molecule has 0 radical (unpaired) electrons. The largest absolute Gasteiger partial charge is 0.504 e. The van der Waals surface area contributed by atoms with Crippen LogP contribution in [0.5, 0.6) is 11.5 Å². The van der Waals surface area contributed by atoms with E-state index in [0.717, 1.165) is 67.8 Å². The molecule has 3 aromatic rings. The first-order valence-corrected chi connectivity index (χ1v) is 13.1. The van der Waals surface area contributed by atoms with Crippen LogP contribution >= 0.6 is 0 Å². The van der Waals surface area contributed by atoms with Crippen molar-refractivity contribution < 1.29 is 24.5 Å². The number of aliphatic carboxylic acids is 1. The maximum absolute atomic E-state index is 13.3. The number of nitrogens with one attached hydrogen (secondary N) is 1. The van der Waals surface area contributed by atoms with Crippen LogP contribution in [0.2, 0.25) is 0 Å². The van der Waals surface area contributed by atoms with Gasteiger partial charge in [-0.15, -0.1) is 0 Å². The lowest BCUT2D eigenvalue weighted by atomic mass is 9.96. The Morgan fingerprint density at radius 2 is 1.92 bits per heavy atom. The molecule has 38 heavy (non-hydrogen) atoms. The van der Waals surface area contributed by atoms with Crippen molar-refractivity contribution in [2.45, 2.75) is 32.0 Å². The molecule has 2 aliphatic rings. The van der Waals surface area contributed by atoms with Crippen LogP contribution < -0.4 is 10.1 Å². The molecule has 9 nitrogen and oxygen atoms in total. The van der Waals surface area contributed by atoms with E-state index >= 15 is 0 Å². The van der Waals surface area contributed by atoms with Crippen molar-refractivity contribution in [3.63, 3.8) is 0 Å². The molecule has 0 spiro atoms. The highest BCUT2D eigenvalue weighted by molar-refractivity contribution is 5.96. The summed E-state index contributed by atoms with van der Waals surface area (Å²) < 4.78 is 7.42. The van der Waals surface area contributed by atoms with Gasteiger partial charge in [0.05, 0.1) is 13.7 Å². The monoisotopic (exact) mass is 518 g/mol. The number of fused-ring (bicyclic) bond motifs is 3. The first-order chi connectivity index (χ1) is 18.5. The predicted molar refractivity (Wildman–Crippen MR) is 145 cm³/mol. The Bertz CT molecular complexity index is 1360. The third-order valence-electron chi connectivity index (χ3n) is 7.54. The van der Waals surface area contributed by atoms with E-state index in [0.29, 0.717) is 11.3 Å². The number of aromatic hydroxyl groups is 1. The number of aromatic nitrogens is 1. The van der Waals surface area contributed by atoms with Gasteiger partial charge in [0.15, 0.2) is 11.5 Å². The highest BCUT2D eigenvalue weighted by atomic mass is 16.5. The fourth-order valence-corrected chi connectivity index (χ4v) is 5.57. The molecule has 1 amide bonds. The Morgan fingerprint density at radius 3 is 2.68 bits per heavy atom. The number of carbonyl (C=O) groups is 2. The molecule has 9 heteroatoms. The van der Waals surface area contributed by atoms with Crippen molar-refractivity contribution in [1.29, 1.82) is 0 Å². The van der Waals surface area contributed by atoms with Gasteiger partial charge in [0.2, 0.25) is 5.91 Å². The third kappa shape index (κ3) is 5.25. The Balaban J connectivity index is 1.41. The van der Waals surface area contributed by atoms with E-state index in [-0.39, 0.29) is 24.6 Å². The van der Waals surface area contributed by atoms with Crippen molar-refractivity contribution >= 4 is 28.9 Å². The van der Waals surface area contributed by atoms with E-state index in [1.807, 2.05) is 12.1 Å². The number of aryl methyl sites for hydroxylation is 1. The minimum atomic E-state index is -1.01. The van der Waals surface area contributed by atoms with E-state index in [1.54, 1.807) is 18.2 Å². The van der Waals surface area contributed by atoms with Crippen LogP contribution in [0.3, 0.4) is 0 Å². The Hall–Kier alpha value is -3.82. The Kier molecular flexibility index (Phi) is 7.67. The first kappa shape index (κ1) is 25.8. The Morgan fingerprint density at radius 1 is 1.13 bits per heavy atom. The Labute approximate surface area is 221 Å². The number of carboxylic acid groups (broad SMARTS) is 1. The molecule has 0 unspecified atom stereocenters. The van der Waals surface area contributed by atoms with E-state index in [2.05, 4.69) is 26.9 Å². The smallest absolute Gasteiger partial charge is 0.326 e. The predicted octanol–water partition coefficient (Wildman–Crippen LogP) is 2.70. The van der Waals surface area contributed by atoms with E-state index in [9.17, 15) is 19.8 Å². The first-order valence-electron chi connectivity index (χ1n) is 13.1. The zero-order valence-corrected chi connectivity index (χ0v) is 21.6. The summed E-state index contributed by atoms with van der Waals surface area (Å²) in [4.78, 5) is 29.5. The van der Waals surface area contributed by atoms with Crippen LogP contribution in [-0.2, 0) is 29.1 Å². The molecule has 1 aromatic heterocycles. The number of methoxy groups -OCH3 is 1. The molecule has 2 aliphatic heterocycles. The second-order valence-electron chi connectivity index (χ2n) is 9.83. The molecule has 3 N–H and O–H groups in total. The molecule has 2 aromatic carbocycles. The van der Waals surface area contributed by atoms with Crippen LogP contribution in [0, 0.1) is 0 Å². The van der Waals surface area contributed by atoms with Gasteiger partial charge in [-0.1, -0.05) is 24.3 Å². The van der Waals surface area contributed by atoms with Gasteiger partial charge in [-0.2, -0.15) is 0 Å². The van der Waals surface area contributed by atoms with Crippen molar-refractivity contribution in [1.82, 2.24) is 19.7 Å². The SMILES string of the molecule is COc1cc(/C=C\C(=O)N2Cc3c(c4ccccc4n3CCCN3CCNCC3)C[C@H]2C(=O)O)ccc1O. The standard InChI is InChI=1S/C29H34N4O5/c1-38-27-17-20(7-9-26(27)34)8-10-28(35)33-19-25-22(18-24(33)29(36)37)21-5-2-3-6-23(21)32(25)14-4-13-31-15-11-30-12-16-31/h2-3,5-10,17,24,30,34H,4,11-16,18-19H2,1H3,(H,36,37)/b10-8-/t24-/m0/s1. The molecule has 5 rings (SSSR count).